The van der Waals surface area contributed by atoms with E-state index in [1.807, 2.05) is 19.3 Å². The second kappa shape index (κ2) is 5.55. The van der Waals surface area contributed by atoms with Crippen molar-refractivity contribution < 1.29 is 8.83 Å². The van der Waals surface area contributed by atoms with Crippen LogP contribution in [0.2, 0.25) is 0 Å². The van der Waals surface area contributed by atoms with Gasteiger partial charge in [-0.05, 0) is 42.4 Å². The summed E-state index contributed by atoms with van der Waals surface area (Å²) in [6, 6.07) is 3.59. The fraction of sp³-hybridized carbons (Fsp3) is 0.450. The molecule has 0 saturated heterocycles. The third-order valence-electron chi connectivity index (χ3n) is 4.44. The van der Waals surface area contributed by atoms with Crippen LogP contribution < -0.4 is 5.63 Å². The molecule has 1 aromatic carbocycles. The van der Waals surface area contributed by atoms with E-state index in [0.717, 1.165) is 46.7 Å². The Morgan fingerprint density at radius 2 is 1.87 bits per heavy atom. The van der Waals surface area contributed by atoms with Crippen LogP contribution in [0.15, 0.2) is 32.0 Å². The highest BCUT2D eigenvalue weighted by Crippen LogP contribution is 2.38. The molecule has 0 aliphatic carbocycles. The maximum absolute atomic E-state index is 11.9. The molecule has 23 heavy (non-hydrogen) atoms. The largest absolute Gasteiger partial charge is 0.463 e. The highest BCUT2D eigenvalue weighted by Gasteiger charge is 2.23. The van der Waals surface area contributed by atoms with Gasteiger partial charge in [-0.2, -0.15) is 0 Å². The van der Waals surface area contributed by atoms with E-state index >= 15 is 0 Å². The first-order valence-electron chi connectivity index (χ1n) is 8.31. The maximum Gasteiger partial charge on any atom is 0.336 e. The molecule has 0 fully saturated rings. The Morgan fingerprint density at radius 3 is 2.52 bits per heavy atom. The van der Waals surface area contributed by atoms with Crippen LogP contribution in [0.1, 0.15) is 57.2 Å². The molecule has 0 aliphatic heterocycles. The van der Waals surface area contributed by atoms with Crippen molar-refractivity contribution >= 4 is 21.9 Å². The summed E-state index contributed by atoms with van der Waals surface area (Å²) in [7, 11) is 0. The van der Waals surface area contributed by atoms with Gasteiger partial charge >= 0.3 is 5.63 Å². The average molecular weight is 312 g/mol. The lowest BCUT2D eigenvalue weighted by Gasteiger charge is -2.17. The summed E-state index contributed by atoms with van der Waals surface area (Å²) < 4.78 is 11.4. The monoisotopic (exact) mass is 312 g/mol. The van der Waals surface area contributed by atoms with Crippen LogP contribution in [-0.4, -0.2) is 0 Å². The number of furan rings is 1. The summed E-state index contributed by atoms with van der Waals surface area (Å²) in [6.45, 7) is 10.8. The van der Waals surface area contributed by atoms with Crippen LogP contribution in [-0.2, 0) is 11.8 Å². The number of benzene rings is 1. The summed E-state index contributed by atoms with van der Waals surface area (Å²) in [5.41, 5.74) is 4.50. The van der Waals surface area contributed by atoms with Crippen LogP contribution in [0.5, 0.6) is 0 Å². The molecule has 0 spiro atoms. The average Bonchev–Trinajstić information content (AvgIpc) is 2.89. The first-order chi connectivity index (χ1) is 10.8. The molecule has 0 radical (unpaired) electrons. The molecule has 0 atom stereocenters. The van der Waals surface area contributed by atoms with Gasteiger partial charge in [0.1, 0.15) is 11.2 Å². The van der Waals surface area contributed by atoms with E-state index in [2.05, 4.69) is 27.7 Å². The first-order valence-corrected chi connectivity index (χ1v) is 8.31. The number of hydrogen-bond donors (Lipinski definition) is 0. The van der Waals surface area contributed by atoms with Gasteiger partial charge in [0.25, 0.3) is 0 Å². The lowest BCUT2D eigenvalue weighted by Crippen LogP contribution is -2.10. The Balaban J connectivity index is 2.42. The number of unbranched alkanes of at least 4 members (excludes halogenated alkanes) is 1. The molecule has 3 rings (SSSR count). The quantitative estimate of drug-likeness (QED) is 0.601. The van der Waals surface area contributed by atoms with Crippen molar-refractivity contribution in [1.29, 1.82) is 0 Å². The maximum atomic E-state index is 11.9. The second-order valence-corrected chi connectivity index (χ2v) is 7.36. The SMILES string of the molecule is CCCCc1cc(=O)oc2cc(C)c3c(C(C)(C)C)coc3c12. The molecule has 3 nitrogen and oxygen atoms in total. The van der Waals surface area contributed by atoms with Crippen LogP contribution in [0.4, 0.5) is 0 Å². The number of aryl methyl sites for hydroxylation is 2. The number of fused-ring (bicyclic) bond motifs is 3. The van der Waals surface area contributed by atoms with Crippen LogP contribution >= 0.6 is 0 Å². The van der Waals surface area contributed by atoms with E-state index in [9.17, 15) is 4.79 Å². The van der Waals surface area contributed by atoms with Gasteiger partial charge in [-0.1, -0.05) is 34.1 Å². The molecule has 0 saturated carbocycles. The van der Waals surface area contributed by atoms with Gasteiger partial charge in [-0.3, -0.25) is 0 Å². The molecule has 3 aromatic rings. The molecule has 3 heteroatoms. The predicted molar refractivity (Wildman–Crippen MR) is 94.3 cm³/mol. The molecule has 0 amide bonds. The van der Waals surface area contributed by atoms with E-state index < -0.39 is 0 Å². The van der Waals surface area contributed by atoms with Crippen molar-refractivity contribution in [3.8, 4) is 0 Å². The van der Waals surface area contributed by atoms with Crippen molar-refractivity contribution in [1.82, 2.24) is 0 Å². The third-order valence-corrected chi connectivity index (χ3v) is 4.44. The van der Waals surface area contributed by atoms with E-state index in [-0.39, 0.29) is 11.0 Å². The third kappa shape index (κ3) is 2.69. The first kappa shape index (κ1) is 15.9. The zero-order valence-corrected chi connectivity index (χ0v) is 14.6. The summed E-state index contributed by atoms with van der Waals surface area (Å²) >= 11 is 0. The predicted octanol–water partition coefficient (Wildman–Crippen LogP) is 5.49. The fourth-order valence-electron chi connectivity index (χ4n) is 3.24. The summed E-state index contributed by atoms with van der Waals surface area (Å²) in [5, 5.41) is 2.10. The van der Waals surface area contributed by atoms with Crippen molar-refractivity contribution in [3.05, 3.63) is 45.5 Å². The second-order valence-electron chi connectivity index (χ2n) is 7.36. The van der Waals surface area contributed by atoms with Crippen LogP contribution in [0, 0.1) is 6.92 Å². The Hall–Kier alpha value is -2.03. The summed E-state index contributed by atoms with van der Waals surface area (Å²) in [6.07, 6.45) is 4.84. The Labute approximate surface area is 136 Å². The molecule has 0 unspecified atom stereocenters. The van der Waals surface area contributed by atoms with Crippen molar-refractivity contribution in [3.63, 3.8) is 0 Å². The molecule has 0 bridgehead atoms. The van der Waals surface area contributed by atoms with E-state index in [0.29, 0.717) is 5.58 Å². The lowest BCUT2D eigenvalue weighted by molar-refractivity contribution is 0.552. The highest BCUT2D eigenvalue weighted by atomic mass is 16.4. The molecule has 2 heterocycles. The minimum Gasteiger partial charge on any atom is -0.463 e. The Kier molecular flexibility index (Phi) is 3.83. The van der Waals surface area contributed by atoms with Gasteiger partial charge in [0.2, 0.25) is 0 Å². The molecule has 2 aromatic heterocycles. The van der Waals surface area contributed by atoms with E-state index in [1.165, 1.54) is 5.56 Å². The van der Waals surface area contributed by atoms with Crippen LogP contribution in [0.3, 0.4) is 0 Å². The summed E-state index contributed by atoms with van der Waals surface area (Å²) in [5.74, 6) is 0. The lowest BCUT2D eigenvalue weighted by atomic mass is 9.85. The van der Waals surface area contributed by atoms with Gasteiger partial charge in [-0.15, -0.1) is 0 Å². The topological polar surface area (TPSA) is 43.4 Å². The Morgan fingerprint density at radius 1 is 1.13 bits per heavy atom. The van der Waals surface area contributed by atoms with Gasteiger partial charge in [-0.25, -0.2) is 4.79 Å². The van der Waals surface area contributed by atoms with E-state index in [1.54, 1.807) is 6.07 Å². The van der Waals surface area contributed by atoms with Crippen molar-refractivity contribution in [2.24, 2.45) is 0 Å². The highest BCUT2D eigenvalue weighted by molar-refractivity contribution is 6.06. The van der Waals surface area contributed by atoms with Gasteiger partial charge in [0, 0.05) is 17.0 Å². The van der Waals surface area contributed by atoms with Crippen molar-refractivity contribution in [2.75, 3.05) is 0 Å². The molecule has 0 N–H and O–H groups in total. The zero-order valence-electron chi connectivity index (χ0n) is 14.6. The zero-order chi connectivity index (χ0) is 16.8. The number of rotatable bonds is 3. The van der Waals surface area contributed by atoms with Gasteiger partial charge in [0.15, 0.2) is 0 Å². The number of hydrogen-bond acceptors (Lipinski definition) is 3. The van der Waals surface area contributed by atoms with E-state index in [4.69, 9.17) is 8.83 Å². The Bertz CT molecular complexity index is 920. The van der Waals surface area contributed by atoms with Gasteiger partial charge < -0.3 is 8.83 Å². The minimum atomic E-state index is -0.287. The van der Waals surface area contributed by atoms with Gasteiger partial charge in [0.05, 0.1) is 11.6 Å². The standard InChI is InChI=1S/C20H24O3/c1-6-7-8-13-10-16(21)23-15-9-12(2)17-14(20(3,4)5)11-22-19(17)18(13)15/h9-11H,6-8H2,1-5H3. The smallest absolute Gasteiger partial charge is 0.336 e. The summed E-state index contributed by atoms with van der Waals surface area (Å²) in [4.78, 5) is 11.9. The molecule has 122 valence electrons. The molecular formula is C20H24O3. The minimum absolute atomic E-state index is 0.00286. The normalized spacial score (nSPS) is 12.4. The molecular weight excluding hydrogens is 288 g/mol. The molecule has 0 aliphatic rings. The van der Waals surface area contributed by atoms with Crippen molar-refractivity contribution in [2.45, 2.75) is 59.3 Å². The van der Waals surface area contributed by atoms with Crippen LogP contribution in [0.25, 0.3) is 21.9 Å². The fourth-order valence-corrected chi connectivity index (χ4v) is 3.24.